The van der Waals surface area contributed by atoms with Gasteiger partial charge in [0, 0.05) is 6.04 Å². The molecule has 0 aromatic heterocycles. The number of hydrogen-bond donors (Lipinski definition) is 2. The van der Waals surface area contributed by atoms with Crippen LogP contribution in [0.15, 0.2) is 0 Å². The van der Waals surface area contributed by atoms with Gasteiger partial charge in [0.2, 0.25) is 6.41 Å². The lowest BCUT2D eigenvalue weighted by molar-refractivity contribution is -0.110. The van der Waals surface area contributed by atoms with Crippen molar-refractivity contribution in [1.82, 2.24) is 10.6 Å². The third-order valence-electron chi connectivity index (χ3n) is 2.66. The molecule has 1 rings (SSSR count). The zero-order valence-corrected chi connectivity index (χ0v) is 8.38. The van der Waals surface area contributed by atoms with Gasteiger partial charge >= 0.3 is 0 Å². The quantitative estimate of drug-likeness (QED) is 0.394. The van der Waals surface area contributed by atoms with E-state index in [1.54, 1.807) is 0 Å². The van der Waals surface area contributed by atoms with Gasteiger partial charge in [-0.3, -0.25) is 10.1 Å². The molecule has 0 radical (unpaired) electrons. The molecule has 13 heavy (non-hydrogen) atoms. The predicted octanol–water partition coefficient (Wildman–Crippen LogP) is 1.39. The highest BCUT2D eigenvalue weighted by atomic mass is 16.1. The van der Waals surface area contributed by atoms with Gasteiger partial charge in [-0.25, -0.2) is 0 Å². The Bertz CT molecular complexity index is 142. The van der Waals surface area contributed by atoms with E-state index in [4.69, 9.17) is 0 Å². The van der Waals surface area contributed by atoms with Crippen LogP contribution in [0.2, 0.25) is 0 Å². The molecule has 3 heteroatoms. The Hall–Kier alpha value is -0.570. The van der Waals surface area contributed by atoms with Gasteiger partial charge in [-0.05, 0) is 19.8 Å². The van der Waals surface area contributed by atoms with Crippen LogP contribution < -0.4 is 10.6 Å². The van der Waals surface area contributed by atoms with Crippen molar-refractivity contribution >= 4 is 6.41 Å². The number of hydrogen-bond acceptors (Lipinski definition) is 2. The van der Waals surface area contributed by atoms with Crippen molar-refractivity contribution in [2.24, 2.45) is 0 Å². The van der Waals surface area contributed by atoms with Crippen LogP contribution in [0, 0.1) is 0 Å². The molecule has 0 saturated heterocycles. The standard InChI is InChI=1S/C10H20N2O/c1-9(11-8-13)12-10-6-4-2-3-5-7-10/h8-10,12H,2-7H2,1H3,(H,11,13). The molecule has 0 bridgehead atoms. The molecule has 0 aromatic carbocycles. The Balaban J connectivity index is 2.20. The lowest BCUT2D eigenvalue weighted by Gasteiger charge is -2.21. The third kappa shape index (κ3) is 4.27. The Morgan fingerprint density at radius 3 is 2.38 bits per heavy atom. The van der Waals surface area contributed by atoms with Gasteiger partial charge in [-0.15, -0.1) is 0 Å². The summed E-state index contributed by atoms with van der Waals surface area (Å²) in [5.41, 5.74) is 0. The maximum Gasteiger partial charge on any atom is 0.208 e. The topological polar surface area (TPSA) is 41.1 Å². The monoisotopic (exact) mass is 184 g/mol. The minimum atomic E-state index is 0.112. The fraction of sp³-hybridized carbons (Fsp3) is 0.900. The van der Waals surface area contributed by atoms with E-state index in [1.807, 2.05) is 6.92 Å². The number of nitrogens with one attached hydrogen (secondary N) is 2. The zero-order valence-electron chi connectivity index (χ0n) is 8.38. The highest BCUT2D eigenvalue weighted by Gasteiger charge is 2.13. The molecule has 1 atom stereocenters. The van der Waals surface area contributed by atoms with Crippen molar-refractivity contribution in [2.45, 2.75) is 57.7 Å². The summed E-state index contributed by atoms with van der Waals surface area (Å²) in [5, 5.41) is 6.14. The second-order valence-electron chi connectivity index (χ2n) is 3.86. The van der Waals surface area contributed by atoms with Crippen molar-refractivity contribution in [3.8, 4) is 0 Å². The Morgan fingerprint density at radius 1 is 1.23 bits per heavy atom. The van der Waals surface area contributed by atoms with E-state index in [1.165, 1.54) is 38.5 Å². The number of rotatable bonds is 4. The van der Waals surface area contributed by atoms with Crippen LogP contribution in [0.3, 0.4) is 0 Å². The molecule has 1 saturated carbocycles. The summed E-state index contributed by atoms with van der Waals surface area (Å²) in [5.74, 6) is 0. The van der Waals surface area contributed by atoms with Crippen LogP contribution in [0.4, 0.5) is 0 Å². The SMILES string of the molecule is CC(NC=O)NC1CCCCCC1. The summed E-state index contributed by atoms with van der Waals surface area (Å²) >= 11 is 0. The molecule has 1 amide bonds. The molecule has 3 nitrogen and oxygen atoms in total. The summed E-state index contributed by atoms with van der Waals surface area (Å²) in [6.45, 7) is 1.99. The second kappa shape index (κ2) is 5.97. The molecule has 0 spiro atoms. The Labute approximate surface area is 80.3 Å². The average Bonchev–Trinajstić information content (AvgIpc) is 2.33. The number of carbonyl (C=O) groups is 1. The number of carbonyl (C=O) groups excluding carboxylic acids is 1. The average molecular weight is 184 g/mol. The first-order valence-corrected chi connectivity index (χ1v) is 5.28. The third-order valence-corrected chi connectivity index (χ3v) is 2.66. The van der Waals surface area contributed by atoms with Crippen molar-refractivity contribution in [1.29, 1.82) is 0 Å². The minimum absolute atomic E-state index is 0.112. The van der Waals surface area contributed by atoms with Crippen molar-refractivity contribution < 1.29 is 4.79 Å². The lowest BCUT2D eigenvalue weighted by Crippen LogP contribution is -2.44. The van der Waals surface area contributed by atoms with Crippen LogP contribution in [0.25, 0.3) is 0 Å². The molecule has 76 valence electrons. The largest absolute Gasteiger partial charge is 0.344 e. The first-order valence-electron chi connectivity index (χ1n) is 5.28. The molecule has 0 aliphatic heterocycles. The lowest BCUT2D eigenvalue weighted by atomic mass is 10.1. The maximum atomic E-state index is 10.2. The first-order chi connectivity index (χ1) is 6.33. The van der Waals surface area contributed by atoms with Gasteiger partial charge in [0.25, 0.3) is 0 Å². The first kappa shape index (κ1) is 10.5. The van der Waals surface area contributed by atoms with Crippen LogP contribution in [-0.4, -0.2) is 18.6 Å². The molecule has 2 N–H and O–H groups in total. The normalized spacial score (nSPS) is 21.9. The van der Waals surface area contributed by atoms with Gasteiger partial charge in [-0.1, -0.05) is 25.7 Å². The maximum absolute atomic E-state index is 10.2. The summed E-state index contributed by atoms with van der Waals surface area (Å²) in [6.07, 6.45) is 8.77. The van der Waals surface area contributed by atoms with Gasteiger partial charge < -0.3 is 5.32 Å². The van der Waals surface area contributed by atoms with E-state index in [-0.39, 0.29) is 6.17 Å². The van der Waals surface area contributed by atoms with E-state index in [9.17, 15) is 4.79 Å². The van der Waals surface area contributed by atoms with Gasteiger partial charge in [0.05, 0.1) is 6.17 Å². The fourth-order valence-electron chi connectivity index (χ4n) is 1.95. The van der Waals surface area contributed by atoms with Crippen molar-refractivity contribution in [3.05, 3.63) is 0 Å². The van der Waals surface area contributed by atoms with E-state index in [0.29, 0.717) is 6.04 Å². The fourth-order valence-corrected chi connectivity index (χ4v) is 1.95. The van der Waals surface area contributed by atoms with E-state index < -0.39 is 0 Å². The van der Waals surface area contributed by atoms with E-state index in [2.05, 4.69) is 10.6 Å². The molecular weight excluding hydrogens is 164 g/mol. The molecule has 0 aromatic rings. The molecule has 1 fully saturated rings. The highest BCUT2D eigenvalue weighted by molar-refractivity contribution is 5.46. The highest BCUT2D eigenvalue weighted by Crippen LogP contribution is 2.17. The van der Waals surface area contributed by atoms with Gasteiger partial charge in [0.1, 0.15) is 0 Å². The molecular formula is C10H20N2O. The Kier molecular flexibility index (Phi) is 4.83. The molecule has 1 aliphatic rings. The molecule has 0 heterocycles. The van der Waals surface area contributed by atoms with Gasteiger partial charge in [0.15, 0.2) is 0 Å². The summed E-state index contributed by atoms with van der Waals surface area (Å²) < 4.78 is 0. The minimum Gasteiger partial charge on any atom is -0.344 e. The molecule has 1 unspecified atom stereocenters. The predicted molar refractivity (Wildman–Crippen MR) is 53.3 cm³/mol. The van der Waals surface area contributed by atoms with E-state index in [0.717, 1.165) is 6.41 Å². The summed E-state index contributed by atoms with van der Waals surface area (Å²) in [7, 11) is 0. The zero-order chi connectivity index (χ0) is 9.52. The molecule has 1 aliphatic carbocycles. The Morgan fingerprint density at radius 2 is 1.85 bits per heavy atom. The van der Waals surface area contributed by atoms with Crippen LogP contribution >= 0.6 is 0 Å². The number of amides is 1. The van der Waals surface area contributed by atoms with E-state index >= 15 is 0 Å². The van der Waals surface area contributed by atoms with Crippen molar-refractivity contribution in [2.75, 3.05) is 0 Å². The summed E-state index contributed by atoms with van der Waals surface area (Å²) in [6, 6.07) is 0.602. The van der Waals surface area contributed by atoms with Crippen LogP contribution in [0.5, 0.6) is 0 Å². The van der Waals surface area contributed by atoms with Crippen molar-refractivity contribution in [3.63, 3.8) is 0 Å². The van der Waals surface area contributed by atoms with Crippen LogP contribution in [0.1, 0.15) is 45.4 Å². The second-order valence-corrected chi connectivity index (χ2v) is 3.86. The van der Waals surface area contributed by atoms with Gasteiger partial charge in [-0.2, -0.15) is 0 Å². The smallest absolute Gasteiger partial charge is 0.208 e. The van der Waals surface area contributed by atoms with Crippen LogP contribution in [-0.2, 0) is 4.79 Å². The summed E-state index contributed by atoms with van der Waals surface area (Å²) in [4.78, 5) is 10.2.